The van der Waals surface area contributed by atoms with E-state index < -0.39 is 5.97 Å². The zero-order chi connectivity index (χ0) is 14.7. The number of amides is 1. The van der Waals surface area contributed by atoms with Crippen LogP contribution in [-0.4, -0.2) is 25.0 Å². The molecule has 1 heterocycles. The number of anilines is 1. The number of fused-ring (bicyclic) bond motifs is 1. The van der Waals surface area contributed by atoms with Crippen LogP contribution in [0.5, 0.6) is 0 Å². The fourth-order valence-electron chi connectivity index (χ4n) is 2.29. The van der Waals surface area contributed by atoms with Crippen LogP contribution in [0.25, 0.3) is 5.57 Å². The van der Waals surface area contributed by atoms with E-state index in [1.807, 2.05) is 24.3 Å². The summed E-state index contributed by atoms with van der Waals surface area (Å²) in [7, 11) is 0. The van der Waals surface area contributed by atoms with Gasteiger partial charge >= 0.3 is 5.97 Å². The molecule has 1 aliphatic rings. The molecule has 0 spiro atoms. The number of rotatable bonds is 4. The standard InChI is InChI=1S/C16H19NO3/c1-4-20-15(18)9-13-12-7-5-6-8-14(12)17(16(13)19)10-11(2)3/h5-9,11H,4,10H2,1-3H3. The van der Waals surface area contributed by atoms with Crippen LogP contribution in [0.1, 0.15) is 26.3 Å². The van der Waals surface area contributed by atoms with Gasteiger partial charge in [-0.1, -0.05) is 32.0 Å². The average molecular weight is 273 g/mol. The van der Waals surface area contributed by atoms with Gasteiger partial charge in [0.2, 0.25) is 0 Å². The highest BCUT2D eigenvalue weighted by Gasteiger charge is 2.32. The van der Waals surface area contributed by atoms with Crippen LogP contribution in [0.15, 0.2) is 30.3 Å². The highest BCUT2D eigenvalue weighted by Crippen LogP contribution is 2.36. The highest BCUT2D eigenvalue weighted by atomic mass is 16.5. The van der Waals surface area contributed by atoms with Crippen LogP contribution >= 0.6 is 0 Å². The van der Waals surface area contributed by atoms with Crippen LogP contribution in [0.2, 0.25) is 0 Å². The molecule has 0 aliphatic carbocycles. The molecule has 1 amide bonds. The van der Waals surface area contributed by atoms with Gasteiger partial charge in [-0.25, -0.2) is 4.79 Å². The summed E-state index contributed by atoms with van der Waals surface area (Å²) >= 11 is 0. The first-order valence-corrected chi connectivity index (χ1v) is 6.84. The predicted octanol–water partition coefficient (Wildman–Crippen LogP) is 2.64. The molecule has 0 saturated carbocycles. The summed E-state index contributed by atoms with van der Waals surface area (Å²) in [5, 5.41) is 0. The number of nitrogens with zero attached hydrogens (tertiary/aromatic N) is 1. The van der Waals surface area contributed by atoms with E-state index in [-0.39, 0.29) is 5.91 Å². The zero-order valence-electron chi connectivity index (χ0n) is 12.1. The molecule has 1 aromatic rings. The van der Waals surface area contributed by atoms with Crippen molar-refractivity contribution in [2.24, 2.45) is 5.92 Å². The van der Waals surface area contributed by atoms with E-state index in [9.17, 15) is 9.59 Å². The molecule has 0 unspecified atom stereocenters. The summed E-state index contributed by atoms with van der Waals surface area (Å²) in [6.07, 6.45) is 1.30. The normalized spacial score (nSPS) is 15.9. The SMILES string of the molecule is CCOC(=O)C=C1C(=O)N(CC(C)C)c2ccccc21. The smallest absolute Gasteiger partial charge is 0.331 e. The Labute approximate surface area is 119 Å². The maximum Gasteiger partial charge on any atom is 0.331 e. The summed E-state index contributed by atoms with van der Waals surface area (Å²) in [6, 6.07) is 7.52. The van der Waals surface area contributed by atoms with Gasteiger partial charge in [0.25, 0.3) is 5.91 Å². The molecule has 1 aromatic carbocycles. The van der Waals surface area contributed by atoms with Gasteiger partial charge in [0.1, 0.15) is 0 Å². The van der Waals surface area contributed by atoms with Gasteiger partial charge in [-0.2, -0.15) is 0 Å². The molecule has 1 aliphatic heterocycles. The van der Waals surface area contributed by atoms with Gasteiger partial charge in [0.05, 0.1) is 17.9 Å². The Morgan fingerprint density at radius 2 is 2.05 bits per heavy atom. The van der Waals surface area contributed by atoms with E-state index in [1.165, 1.54) is 6.08 Å². The lowest BCUT2D eigenvalue weighted by molar-refractivity contribution is -0.137. The predicted molar refractivity (Wildman–Crippen MR) is 78.2 cm³/mol. The average Bonchev–Trinajstić information content (AvgIpc) is 2.65. The van der Waals surface area contributed by atoms with Gasteiger partial charge in [0, 0.05) is 18.2 Å². The van der Waals surface area contributed by atoms with Gasteiger partial charge in [-0.05, 0) is 18.9 Å². The van der Waals surface area contributed by atoms with Gasteiger partial charge in [-0.15, -0.1) is 0 Å². The van der Waals surface area contributed by atoms with Crippen molar-refractivity contribution in [2.75, 3.05) is 18.1 Å². The van der Waals surface area contributed by atoms with Crippen LogP contribution < -0.4 is 4.90 Å². The Hall–Kier alpha value is -2.10. The Kier molecular flexibility index (Phi) is 4.23. The summed E-state index contributed by atoms with van der Waals surface area (Å²) in [5.41, 5.74) is 2.08. The maximum absolute atomic E-state index is 12.5. The minimum Gasteiger partial charge on any atom is -0.463 e. The highest BCUT2D eigenvalue weighted by molar-refractivity contribution is 6.34. The molecule has 0 radical (unpaired) electrons. The lowest BCUT2D eigenvalue weighted by Gasteiger charge is -2.19. The molecule has 4 heteroatoms. The molecular formula is C16H19NO3. The minimum atomic E-state index is -0.475. The van der Waals surface area contributed by atoms with E-state index in [4.69, 9.17) is 4.74 Å². The Morgan fingerprint density at radius 3 is 2.70 bits per heavy atom. The summed E-state index contributed by atoms with van der Waals surface area (Å²) < 4.78 is 4.90. The van der Waals surface area contributed by atoms with Crippen molar-refractivity contribution in [3.63, 3.8) is 0 Å². The maximum atomic E-state index is 12.5. The molecule has 2 rings (SSSR count). The second-order valence-corrected chi connectivity index (χ2v) is 5.14. The molecule has 4 nitrogen and oxygen atoms in total. The monoisotopic (exact) mass is 273 g/mol. The van der Waals surface area contributed by atoms with Crippen LogP contribution in [-0.2, 0) is 14.3 Å². The molecular weight excluding hydrogens is 254 g/mol. The molecule has 0 bridgehead atoms. The van der Waals surface area contributed by atoms with Crippen LogP contribution in [0.3, 0.4) is 0 Å². The number of carbonyl (C=O) groups excluding carboxylic acids is 2. The molecule has 20 heavy (non-hydrogen) atoms. The first-order chi connectivity index (χ1) is 9.54. The Balaban J connectivity index is 2.40. The largest absolute Gasteiger partial charge is 0.463 e. The van der Waals surface area contributed by atoms with Gasteiger partial charge < -0.3 is 9.64 Å². The lowest BCUT2D eigenvalue weighted by Crippen LogP contribution is -2.30. The lowest BCUT2D eigenvalue weighted by atomic mass is 10.1. The van der Waals surface area contributed by atoms with Crippen LogP contribution in [0.4, 0.5) is 5.69 Å². The number of hydrogen-bond donors (Lipinski definition) is 0. The topological polar surface area (TPSA) is 46.6 Å². The van der Waals surface area contributed by atoms with E-state index in [0.717, 1.165) is 11.3 Å². The molecule has 0 saturated heterocycles. The second-order valence-electron chi connectivity index (χ2n) is 5.14. The zero-order valence-corrected chi connectivity index (χ0v) is 12.1. The summed E-state index contributed by atoms with van der Waals surface area (Å²) in [6.45, 7) is 6.79. The Bertz CT molecular complexity index is 561. The first-order valence-electron chi connectivity index (χ1n) is 6.84. The van der Waals surface area contributed by atoms with Gasteiger partial charge in [0.15, 0.2) is 0 Å². The molecule has 0 atom stereocenters. The molecule has 0 N–H and O–H groups in total. The van der Waals surface area contributed by atoms with E-state index in [2.05, 4.69) is 13.8 Å². The Morgan fingerprint density at radius 1 is 1.35 bits per heavy atom. The third-order valence-electron chi connectivity index (χ3n) is 3.06. The molecule has 106 valence electrons. The van der Waals surface area contributed by atoms with E-state index >= 15 is 0 Å². The van der Waals surface area contributed by atoms with Crippen LogP contribution in [0, 0.1) is 5.92 Å². The fraction of sp³-hybridized carbons (Fsp3) is 0.375. The number of benzene rings is 1. The van der Waals surface area contributed by atoms with Crippen molar-refractivity contribution in [3.05, 3.63) is 35.9 Å². The van der Waals surface area contributed by atoms with Crippen molar-refractivity contribution in [2.45, 2.75) is 20.8 Å². The first kappa shape index (κ1) is 14.3. The summed E-state index contributed by atoms with van der Waals surface area (Å²) in [5.74, 6) is -0.251. The number of carbonyl (C=O) groups is 2. The minimum absolute atomic E-state index is 0.132. The van der Waals surface area contributed by atoms with Crippen molar-refractivity contribution in [1.82, 2.24) is 0 Å². The van der Waals surface area contributed by atoms with Crippen molar-refractivity contribution < 1.29 is 14.3 Å². The van der Waals surface area contributed by atoms with Crippen molar-refractivity contribution in [1.29, 1.82) is 0 Å². The van der Waals surface area contributed by atoms with E-state index in [1.54, 1.807) is 11.8 Å². The quantitative estimate of drug-likeness (QED) is 0.626. The number of hydrogen-bond acceptors (Lipinski definition) is 3. The second kappa shape index (κ2) is 5.90. The fourth-order valence-corrected chi connectivity index (χ4v) is 2.29. The number of esters is 1. The van der Waals surface area contributed by atoms with Crippen molar-refractivity contribution in [3.8, 4) is 0 Å². The summed E-state index contributed by atoms with van der Waals surface area (Å²) in [4.78, 5) is 25.8. The van der Waals surface area contributed by atoms with E-state index in [0.29, 0.717) is 24.6 Å². The third-order valence-corrected chi connectivity index (χ3v) is 3.06. The van der Waals surface area contributed by atoms with Crippen molar-refractivity contribution >= 4 is 23.1 Å². The number of para-hydroxylation sites is 1. The molecule has 0 fully saturated rings. The third kappa shape index (κ3) is 2.74. The molecule has 0 aromatic heterocycles. The van der Waals surface area contributed by atoms with Gasteiger partial charge in [-0.3, -0.25) is 4.79 Å². The number of ether oxygens (including phenoxy) is 1.